The van der Waals surface area contributed by atoms with Crippen molar-refractivity contribution in [1.82, 2.24) is 24.5 Å². The summed E-state index contributed by atoms with van der Waals surface area (Å²) in [5.74, 6) is -0.643. The van der Waals surface area contributed by atoms with Crippen molar-refractivity contribution in [3.8, 4) is 28.8 Å². The summed E-state index contributed by atoms with van der Waals surface area (Å²) in [5.41, 5.74) is -0.415. The van der Waals surface area contributed by atoms with Crippen molar-refractivity contribution < 1.29 is 35.4 Å². The SMILES string of the molecule is Cn1c(-c2ccnn2-c2ccc(C#N)cc2)c(C(=O)NCCC[N+](C)(C)C)c(=O)n1-c1cccc(C(F)(F)F)c1.O=S(=O)([O-])c1ccccc1. The highest BCUT2D eigenvalue weighted by Gasteiger charge is 2.32. The van der Waals surface area contributed by atoms with Gasteiger partial charge < -0.3 is 14.4 Å². The van der Waals surface area contributed by atoms with Crippen molar-refractivity contribution in [3.63, 3.8) is 0 Å². The number of alkyl halides is 3. The number of rotatable bonds is 9. The molecule has 0 aliphatic heterocycles. The van der Waals surface area contributed by atoms with E-state index in [1.54, 1.807) is 36.4 Å². The molecule has 2 aromatic heterocycles. The van der Waals surface area contributed by atoms with Crippen molar-refractivity contribution in [2.24, 2.45) is 7.05 Å². The maximum Gasteiger partial charge on any atom is 0.416 e. The van der Waals surface area contributed by atoms with Gasteiger partial charge in [0.05, 0.1) is 73.0 Å². The number of benzene rings is 3. The summed E-state index contributed by atoms with van der Waals surface area (Å²) in [7, 11) is 3.32. The number of aromatic nitrogens is 4. The van der Waals surface area contributed by atoms with Crippen LogP contribution in [0, 0.1) is 11.3 Å². The number of hydrogen-bond acceptors (Lipinski definition) is 7. The molecule has 16 heteroatoms. The van der Waals surface area contributed by atoms with Gasteiger partial charge >= 0.3 is 6.18 Å². The zero-order valence-corrected chi connectivity index (χ0v) is 28.4. The summed E-state index contributed by atoms with van der Waals surface area (Å²) in [5, 5.41) is 16.3. The highest BCUT2D eigenvalue weighted by Crippen LogP contribution is 2.31. The third kappa shape index (κ3) is 8.94. The number of nitrogens with one attached hydrogen (secondary N) is 1. The van der Waals surface area contributed by atoms with Crippen LogP contribution < -0.4 is 10.9 Å². The topological polar surface area (TPSA) is 155 Å². The molecule has 0 saturated carbocycles. The zero-order chi connectivity index (χ0) is 36.9. The first-order chi connectivity index (χ1) is 23.4. The summed E-state index contributed by atoms with van der Waals surface area (Å²) in [6.45, 7) is 1.09. The van der Waals surface area contributed by atoms with Crippen LogP contribution in [-0.2, 0) is 23.3 Å². The molecule has 262 valence electrons. The lowest BCUT2D eigenvalue weighted by Crippen LogP contribution is -2.38. The Kier molecular flexibility index (Phi) is 11.2. The van der Waals surface area contributed by atoms with Gasteiger partial charge in [-0.2, -0.15) is 23.5 Å². The average Bonchev–Trinajstić information content (AvgIpc) is 3.64. The zero-order valence-electron chi connectivity index (χ0n) is 27.5. The third-order valence-corrected chi connectivity index (χ3v) is 8.21. The van der Waals surface area contributed by atoms with Gasteiger partial charge in [0.1, 0.15) is 21.4 Å². The second-order valence-electron chi connectivity index (χ2n) is 12.1. The van der Waals surface area contributed by atoms with Gasteiger partial charge in [-0.05, 0) is 60.7 Å². The van der Waals surface area contributed by atoms with E-state index in [0.717, 1.165) is 23.4 Å². The summed E-state index contributed by atoms with van der Waals surface area (Å²) < 4.78 is 75.9. The minimum atomic E-state index is -4.62. The van der Waals surface area contributed by atoms with Crippen molar-refractivity contribution in [3.05, 3.63) is 118 Å². The van der Waals surface area contributed by atoms with E-state index >= 15 is 0 Å². The molecule has 50 heavy (non-hydrogen) atoms. The number of amides is 1. The van der Waals surface area contributed by atoms with Crippen LogP contribution in [0.2, 0.25) is 0 Å². The Morgan fingerprint density at radius 3 is 2.20 bits per heavy atom. The van der Waals surface area contributed by atoms with Gasteiger partial charge in [0.2, 0.25) is 0 Å². The van der Waals surface area contributed by atoms with Crippen molar-refractivity contribution in [2.75, 3.05) is 34.2 Å². The molecular formula is C34H34F3N7O5S. The number of quaternary nitrogens is 1. The van der Waals surface area contributed by atoms with E-state index in [1.807, 2.05) is 27.2 Å². The van der Waals surface area contributed by atoms with Crippen LogP contribution in [0.3, 0.4) is 0 Å². The van der Waals surface area contributed by atoms with E-state index in [0.29, 0.717) is 34.4 Å². The molecular weight excluding hydrogens is 675 g/mol. The molecule has 0 atom stereocenters. The molecule has 1 amide bonds. The number of carbonyl (C=O) groups excluding carboxylic acids is 1. The Bertz CT molecular complexity index is 2180. The Hall–Kier alpha value is -5.50. The summed E-state index contributed by atoms with van der Waals surface area (Å²) in [4.78, 5) is 27.0. The van der Waals surface area contributed by atoms with E-state index in [4.69, 9.17) is 5.26 Å². The molecule has 0 spiro atoms. The molecule has 1 N–H and O–H groups in total. The predicted molar refractivity (Wildman–Crippen MR) is 178 cm³/mol. The average molecular weight is 710 g/mol. The molecule has 0 bridgehead atoms. The number of nitriles is 1. The molecule has 5 rings (SSSR count). The second-order valence-corrected chi connectivity index (χ2v) is 13.5. The highest BCUT2D eigenvalue weighted by molar-refractivity contribution is 7.85. The Labute approximate surface area is 286 Å². The van der Waals surface area contributed by atoms with E-state index in [9.17, 15) is 35.7 Å². The van der Waals surface area contributed by atoms with Crippen LogP contribution >= 0.6 is 0 Å². The summed E-state index contributed by atoms with van der Waals surface area (Å²) in [6.07, 6.45) is -2.47. The van der Waals surface area contributed by atoms with Crippen molar-refractivity contribution >= 4 is 16.0 Å². The maximum atomic E-state index is 13.8. The summed E-state index contributed by atoms with van der Waals surface area (Å²) >= 11 is 0. The molecule has 0 aliphatic carbocycles. The molecule has 3 aromatic carbocycles. The molecule has 0 radical (unpaired) electrons. The number of nitrogens with zero attached hydrogens (tertiary/aromatic N) is 6. The predicted octanol–water partition coefficient (Wildman–Crippen LogP) is 4.34. The molecule has 0 fully saturated rings. The smallest absolute Gasteiger partial charge is 0.416 e. The van der Waals surface area contributed by atoms with E-state index < -0.39 is 33.3 Å². The number of hydrogen-bond donors (Lipinski definition) is 1. The van der Waals surface area contributed by atoms with Gasteiger partial charge in [-0.15, -0.1) is 0 Å². The highest BCUT2D eigenvalue weighted by atomic mass is 32.2. The van der Waals surface area contributed by atoms with Crippen LogP contribution in [-0.4, -0.2) is 76.7 Å². The Morgan fingerprint density at radius 1 is 0.980 bits per heavy atom. The van der Waals surface area contributed by atoms with Crippen molar-refractivity contribution in [1.29, 1.82) is 5.26 Å². The molecule has 2 heterocycles. The first kappa shape index (κ1) is 37.3. The Balaban J connectivity index is 0.000000482. The van der Waals surface area contributed by atoms with Gasteiger partial charge in [0.15, 0.2) is 0 Å². The van der Waals surface area contributed by atoms with Crippen LogP contribution in [0.15, 0.2) is 101 Å². The van der Waals surface area contributed by atoms with Crippen molar-refractivity contribution in [2.45, 2.75) is 17.5 Å². The van der Waals surface area contributed by atoms with Crippen LogP contribution in [0.5, 0.6) is 0 Å². The summed E-state index contributed by atoms with van der Waals surface area (Å²) in [6, 6.07) is 21.8. The minimum absolute atomic E-state index is 0.0444. The third-order valence-electron chi connectivity index (χ3n) is 7.36. The first-order valence-electron chi connectivity index (χ1n) is 15.1. The molecule has 0 aliphatic rings. The Morgan fingerprint density at radius 2 is 1.64 bits per heavy atom. The monoisotopic (exact) mass is 709 g/mol. The maximum absolute atomic E-state index is 13.8. The lowest BCUT2D eigenvalue weighted by Gasteiger charge is -2.23. The van der Waals surface area contributed by atoms with Crippen LogP contribution in [0.25, 0.3) is 22.8 Å². The lowest BCUT2D eigenvalue weighted by molar-refractivity contribution is -0.870. The molecule has 5 aromatic rings. The standard InChI is InChI=1S/C28H28F3N7O2.C6H6O3S/c1-35-25(23-13-15-34-36(23)21-11-9-19(18-32)10-12-21)24(26(39)33-14-6-16-38(2,3)4)27(40)37(35)22-8-5-7-20(17-22)28(29,30)31;7-10(8,9)6-4-2-1-3-5-6/h5,7-13,15,17H,6,14,16H2,1-4H3;1-5H,(H,7,8,9). The largest absolute Gasteiger partial charge is 0.744 e. The van der Waals surface area contributed by atoms with E-state index in [-0.39, 0.29) is 21.8 Å². The molecule has 0 saturated heterocycles. The van der Waals surface area contributed by atoms with Gasteiger partial charge in [-0.3, -0.25) is 14.3 Å². The normalized spacial score (nSPS) is 11.7. The molecule has 12 nitrogen and oxygen atoms in total. The van der Waals surface area contributed by atoms with E-state index in [2.05, 4.69) is 10.4 Å². The van der Waals surface area contributed by atoms with Gasteiger partial charge in [-0.1, -0.05) is 24.3 Å². The van der Waals surface area contributed by atoms with Crippen LogP contribution in [0.1, 0.15) is 27.9 Å². The van der Waals surface area contributed by atoms with Gasteiger partial charge in [-0.25, -0.2) is 17.8 Å². The fraction of sp³-hybridized carbons (Fsp3) is 0.235. The number of carbonyl (C=O) groups is 1. The quantitative estimate of drug-likeness (QED) is 0.136. The first-order valence-corrected chi connectivity index (χ1v) is 16.5. The lowest BCUT2D eigenvalue weighted by atomic mass is 10.1. The van der Waals surface area contributed by atoms with Gasteiger partial charge in [0.25, 0.3) is 11.5 Å². The molecule has 0 unspecified atom stereocenters. The number of halogens is 3. The fourth-order valence-electron chi connectivity index (χ4n) is 5.00. The van der Waals surface area contributed by atoms with Crippen LogP contribution in [0.4, 0.5) is 13.2 Å². The minimum Gasteiger partial charge on any atom is -0.744 e. The second kappa shape index (κ2) is 14.9. The van der Waals surface area contributed by atoms with E-state index in [1.165, 1.54) is 59.0 Å². The van der Waals surface area contributed by atoms with Gasteiger partial charge in [0, 0.05) is 20.0 Å². The fourth-order valence-corrected chi connectivity index (χ4v) is 5.50.